The van der Waals surface area contributed by atoms with Gasteiger partial charge in [-0.25, -0.2) is 0 Å². The summed E-state index contributed by atoms with van der Waals surface area (Å²) in [6, 6.07) is 7.64. The number of alkyl halides is 1. The average molecular weight is 453 g/mol. The molecule has 1 fully saturated rings. The van der Waals surface area contributed by atoms with Gasteiger partial charge in [-0.3, -0.25) is 14.6 Å². The number of rotatable bonds is 11. The third-order valence-corrected chi connectivity index (χ3v) is 5.69. The summed E-state index contributed by atoms with van der Waals surface area (Å²) in [5, 5.41) is 13.1. The van der Waals surface area contributed by atoms with Crippen LogP contribution in [0.1, 0.15) is 31.2 Å². The van der Waals surface area contributed by atoms with E-state index in [0.717, 1.165) is 12.0 Å². The van der Waals surface area contributed by atoms with Crippen LogP contribution in [0.25, 0.3) is 0 Å². The molecular weight excluding hydrogens is 420 g/mol. The maximum atomic E-state index is 12.9. The molecule has 2 amide bonds. The number of aliphatic hydroxyl groups is 1. The number of aliphatic imine (C=N–C) groups is 1. The van der Waals surface area contributed by atoms with Crippen molar-refractivity contribution in [3.8, 4) is 0 Å². The van der Waals surface area contributed by atoms with Gasteiger partial charge in [-0.1, -0.05) is 30.3 Å². The van der Waals surface area contributed by atoms with Crippen molar-refractivity contribution in [1.29, 1.82) is 0 Å². The van der Waals surface area contributed by atoms with Crippen LogP contribution >= 0.6 is 11.6 Å². The second-order valence-electron chi connectivity index (χ2n) is 7.77. The predicted molar refractivity (Wildman–Crippen MR) is 121 cm³/mol. The van der Waals surface area contributed by atoms with Gasteiger partial charge in [-0.05, 0) is 37.7 Å². The minimum atomic E-state index is -0.921. The van der Waals surface area contributed by atoms with Crippen molar-refractivity contribution in [2.45, 2.75) is 56.3 Å². The van der Waals surface area contributed by atoms with Crippen LogP contribution in [0.2, 0.25) is 0 Å². The molecule has 1 aromatic rings. The second-order valence-corrected chi connectivity index (χ2v) is 8.08. The standard InChI is InChI=1S/C21H33ClN6O3/c22-13-18(29)16(8-4-10-26-21(24)25)27-19(30)17-9-5-11-28(17)20(31)15(23)12-14-6-2-1-3-7-14/h1-3,6-7,15-18,29H,4-5,8-13,23H2,(H,27,30)(H4,24,25,26)/t15-,16+,17+,18-/m1/s1. The smallest absolute Gasteiger partial charge is 0.243 e. The minimum Gasteiger partial charge on any atom is -0.390 e. The van der Waals surface area contributed by atoms with Crippen molar-refractivity contribution >= 4 is 29.4 Å². The van der Waals surface area contributed by atoms with Crippen LogP contribution in [-0.4, -0.2) is 71.0 Å². The number of likely N-dealkylation sites (tertiary alicyclic amines) is 1. The molecule has 4 atom stereocenters. The third kappa shape index (κ3) is 7.68. The van der Waals surface area contributed by atoms with E-state index >= 15 is 0 Å². The van der Waals surface area contributed by atoms with Gasteiger partial charge in [0.05, 0.1) is 24.1 Å². The van der Waals surface area contributed by atoms with Crippen LogP contribution in [-0.2, 0) is 16.0 Å². The molecule has 1 saturated heterocycles. The van der Waals surface area contributed by atoms with Gasteiger partial charge in [-0.15, -0.1) is 11.6 Å². The lowest BCUT2D eigenvalue weighted by molar-refractivity contribution is -0.140. The van der Waals surface area contributed by atoms with Crippen molar-refractivity contribution in [1.82, 2.24) is 10.2 Å². The Morgan fingerprint density at radius 1 is 1.29 bits per heavy atom. The minimum absolute atomic E-state index is 0.00886. The first-order valence-corrected chi connectivity index (χ1v) is 11.1. The van der Waals surface area contributed by atoms with Gasteiger partial charge in [0.15, 0.2) is 5.96 Å². The SMILES string of the molecule is NC(N)=NCCC[C@H](NC(=O)[C@@H]1CCCN1C(=O)[C@H](N)Cc1ccccc1)[C@H](O)CCl. The summed E-state index contributed by atoms with van der Waals surface area (Å²) in [6.45, 7) is 0.860. The summed E-state index contributed by atoms with van der Waals surface area (Å²) in [6.07, 6.45) is 1.76. The molecule has 0 saturated carbocycles. The van der Waals surface area contributed by atoms with Gasteiger partial charge in [0.25, 0.3) is 0 Å². The van der Waals surface area contributed by atoms with Gasteiger partial charge in [0.1, 0.15) is 6.04 Å². The first-order chi connectivity index (χ1) is 14.8. The van der Waals surface area contributed by atoms with E-state index in [9.17, 15) is 14.7 Å². The lowest BCUT2D eigenvalue weighted by Crippen LogP contribution is -2.55. The summed E-state index contributed by atoms with van der Waals surface area (Å²) < 4.78 is 0. The molecule has 31 heavy (non-hydrogen) atoms. The van der Waals surface area contributed by atoms with Gasteiger partial charge in [0.2, 0.25) is 11.8 Å². The fourth-order valence-corrected chi connectivity index (χ4v) is 3.95. The second kappa shape index (κ2) is 12.5. The molecule has 2 rings (SSSR count). The van der Waals surface area contributed by atoms with Crippen molar-refractivity contribution in [3.05, 3.63) is 35.9 Å². The zero-order valence-electron chi connectivity index (χ0n) is 17.6. The van der Waals surface area contributed by atoms with Crippen LogP contribution < -0.4 is 22.5 Å². The molecule has 0 aromatic heterocycles. The normalized spacial score (nSPS) is 18.8. The van der Waals surface area contributed by atoms with Crippen molar-refractivity contribution in [2.75, 3.05) is 19.0 Å². The summed E-state index contributed by atoms with van der Waals surface area (Å²) >= 11 is 5.80. The molecule has 172 valence electrons. The van der Waals surface area contributed by atoms with E-state index in [2.05, 4.69) is 10.3 Å². The lowest BCUT2D eigenvalue weighted by atomic mass is 10.0. The number of halogens is 1. The molecule has 1 heterocycles. The number of benzene rings is 1. The Morgan fingerprint density at radius 3 is 2.65 bits per heavy atom. The first kappa shape index (κ1) is 24.9. The molecule has 1 aliphatic rings. The number of nitrogens with one attached hydrogen (secondary N) is 1. The van der Waals surface area contributed by atoms with E-state index in [1.165, 1.54) is 0 Å². The van der Waals surface area contributed by atoms with Crippen LogP contribution in [0.3, 0.4) is 0 Å². The quantitative estimate of drug-likeness (QED) is 0.134. The van der Waals surface area contributed by atoms with Gasteiger partial charge in [0, 0.05) is 13.1 Å². The maximum Gasteiger partial charge on any atom is 0.243 e. The highest BCUT2D eigenvalue weighted by Gasteiger charge is 2.37. The number of hydrogen-bond acceptors (Lipinski definition) is 5. The van der Waals surface area contributed by atoms with E-state index in [1.54, 1.807) is 4.90 Å². The van der Waals surface area contributed by atoms with Crippen LogP contribution in [0.15, 0.2) is 35.3 Å². The topological polar surface area (TPSA) is 160 Å². The number of guanidine groups is 1. The van der Waals surface area contributed by atoms with E-state index in [0.29, 0.717) is 38.8 Å². The van der Waals surface area contributed by atoms with Crippen molar-refractivity contribution < 1.29 is 14.7 Å². The lowest BCUT2D eigenvalue weighted by Gasteiger charge is -2.29. The molecule has 1 aromatic carbocycles. The molecule has 0 aliphatic carbocycles. The summed E-state index contributed by atoms with van der Waals surface area (Å²) in [4.78, 5) is 31.3. The van der Waals surface area contributed by atoms with Crippen LogP contribution in [0.5, 0.6) is 0 Å². The van der Waals surface area contributed by atoms with E-state index < -0.39 is 24.2 Å². The Labute approximate surface area is 188 Å². The van der Waals surface area contributed by atoms with Gasteiger partial charge >= 0.3 is 0 Å². The van der Waals surface area contributed by atoms with E-state index in [4.69, 9.17) is 28.8 Å². The van der Waals surface area contributed by atoms with Crippen LogP contribution in [0, 0.1) is 0 Å². The molecular formula is C21H33ClN6O3. The van der Waals surface area contributed by atoms with E-state index in [1.807, 2.05) is 30.3 Å². The third-order valence-electron chi connectivity index (χ3n) is 5.37. The Kier molecular flexibility index (Phi) is 10.0. The fraction of sp³-hybridized carbons (Fsp3) is 0.571. The number of hydrogen-bond donors (Lipinski definition) is 5. The largest absolute Gasteiger partial charge is 0.390 e. The molecule has 0 radical (unpaired) electrons. The number of carbonyl (C=O) groups excluding carboxylic acids is 2. The van der Waals surface area contributed by atoms with Gasteiger partial charge < -0.3 is 32.5 Å². The number of nitrogens with two attached hydrogens (primary N) is 3. The number of carbonyl (C=O) groups is 2. The number of amides is 2. The molecule has 0 unspecified atom stereocenters. The Hall–Kier alpha value is -2.36. The van der Waals surface area contributed by atoms with E-state index in [-0.39, 0.29) is 23.7 Å². The highest BCUT2D eigenvalue weighted by atomic mass is 35.5. The molecule has 1 aliphatic heterocycles. The fourth-order valence-electron chi connectivity index (χ4n) is 3.74. The molecule has 9 nitrogen and oxygen atoms in total. The monoisotopic (exact) mass is 452 g/mol. The highest BCUT2D eigenvalue weighted by molar-refractivity contribution is 6.18. The van der Waals surface area contributed by atoms with Gasteiger partial charge in [-0.2, -0.15) is 0 Å². The Morgan fingerprint density at radius 2 is 2.00 bits per heavy atom. The molecule has 0 bridgehead atoms. The van der Waals surface area contributed by atoms with Crippen molar-refractivity contribution in [3.63, 3.8) is 0 Å². The maximum absolute atomic E-state index is 12.9. The summed E-state index contributed by atoms with van der Waals surface area (Å²) in [5.41, 5.74) is 17.8. The Balaban J connectivity index is 1.97. The first-order valence-electron chi connectivity index (χ1n) is 10.5. The highest BCUT2D eigenvalue weighted by Crippen LogP contribution is 2.20. The molecule has 0 spiro atoms. The number of aliphatic hydroxyl groups excluding tert-OH is 1. The van der Waals surface area contributed by atoms with Crippen molar-refractivity contribution in [2.24, 2.45) is 22.2 Å². The zero-order valence-corrected chi connectivity index (χ0v) is 18.4. The molecule has 10 heteroatoms. The number of nitrogens with zero attached hydrogens (tertiary/aromatic N) is 2. The molecule has 8 N–H and O–H groups in total. The summed E-state index contributed by atoms with van der Waals surface area (Å²) in [7, 11) is 0. The Bertz CT molecular complexity index is 744. The predicted octanol–water partition coefficient (Wildman–Crippen LogP) is -0.314. The van der Waals surface area contributed by atoms with Crippen LogP contribution in [0.4, 0.5) is 0 Å². The summed E-state index contributed by atoms with van der Waals surface area (Å²) in [5.74, 6) is -0.592. The average Bonchev–Trinajstić information content (AvgIpc) is 3.25. The zero-order chi connectivity index (χ0) is 22.8.